The van der Waals surface area contributed by atoms with Crippen molar-refractivity contribution >= 4 is 17.4 Å². The first-order chi connectivity index (χ1) is 16.3. The maximum absolute atomic E-state index is 13.9. The Morgan fingerprint density at radius 1 is 1.18 bits per heavy atom. The van der Waals surface area contributed by atoms with E-state index in [-0.39, 0.29) is 24.7 Å². The number of nitrogens with one attached hydrogen (secondary N) is 2. The zero-order chi connectivity index (χ0) is 23.9. The molecule has 1 aromatic heterocycles. The molecule has 2 atom stereocenters. The Balaban J connectivity index is 1.39. The molecule has 0 unspecified atom stereocenters. The number of carbonyl (C=O) groups excluding carboxylic acids is 1. The minimum atomic E-state index is -4.56. The summed E-state index contributed by atoms with van der Waals surface area (Å²) < 4.78 is 58.7. The number of fused-ring (bicyclic) bond motifs is 2. The number of rotatable bonds is 5. The van der Waals surface area contributed by atoms with Crippen molar-refractivity contribution in [3.63, 3.8) is 0 Å². The summed E-state index contributed by atoms with van der Waals surface area (Å²) >= 11 is 0. The van der Waals surface area contributed by atoms with Crippen LogP contribution < -0.4 is 24.8 Å². The number of amides is 1. The molecule has 0 saturated heterocycles. The summed E-state index contributed by atoms with van der Waals surface area (Å²) in [6.45, 7) is 2.43. The molecule has 0 radical (unpaired) electrons. The molecule has 3 aromatic rings. The Morgan fingerprint density at radius 3 is 2.68 bits per heavy atom. The molecule has 11 heteroatoms. The Bertz CT molecular complexity index is 1210. The lowest BCUT2D eigenvalue weighted by Crippen LogP contribution is -2.35. The molecule has 8 nitrogen and oxygen atoms in total. The molecule has 5 rings (SSSR count). The lowest BCUT2D eigenvalue weighted by molar-refractivity contribution is -0.173. The maximum Gasteiger partial charge on any atom is 0.410 e. The van der Waals surface area contributed by atoms with Crippen LogP contribution in [0.5, 0.6) is 17.2 Å². The van der Waals surface area contributed by atoms with E-state index < -0.39 is 24.2 Å². The third-order valence-corrected chi connectivity index (χ3v) is 5.64. The number of anilines is 2. The van der Waals surface area contributed by atoms with Crippen molar-refractivity contribution in [3.05, 3.63) is 59.8 Å². The number of nitrogens with zero attached hydrogens (tertiary/aromatic N) is 2. The fourth-order valence-corrected chi connectivity index (χ4v) is 4.03. The third-order valence-electron chi connectivity index (χ3n) is 5.64. The van der Waals surface area contributed by atoms with E-state index in [0.29, 0.717) is 35.1 Å². The number of carbonyl (C=O) groups is 1. The summed E-state index contributed by atoms with van der Waals surface area (Å²) in [7, 11) is 0. The van der Waals surface area contributed by atoms with Crippen molar-refractivity contribution in [2.45, 2.75) is 31.6 Å². The van der Waals surface area contributed by atoms with Crippen LogP contribution in [0.4, 0.5) is 24.7 Å². The second kappa shape index (κ2) is 8.47. The number of hydrogen-bond donors (Lipinski definition) is 2. The normalized spacial score (nSPS) is 18.7. The van der Waals surface area contributed by atoms with Gasteiger partial charge in [0.25, 0.3) is 5.91 Å². The second-order valence-corrected chi connectivity index (χ2v) is 7.87. The highest BCUT2D eigenvalue weighted by molar-refractivity contribution is 6.03. The van der Waals surface area contributed by atoms with Gasteiger partial charge in [0.15, 0.2) is 23.2 Å². The molecule has 0 aliphatic carbocycles. The Hall–Kier alpha value is -3.89. The lowest BCUT2D eigenvalue weighted by atomic mass is 9.96. The number of halogens is 3. The number of alkyl halides is 3. The summed E-state index contributed by atoms with van der Waals surface area (Å²) in [5, 5.41) is 9.71. The summed E-state index contributed by atoms with van der Waals surface area (Å²) in [6, 6.07) is 10.5. The SMILES string of the molecule is CCOc1ccc(NC(=O)c2cc3n(n2)[C@@H](C(F)(F)F)C[C@@H](c2ccc4c(c2)OCO4)N3)cc1. The lowest BCUT2D eigenvalue weighted by Gasteiger charge is -2.33. The van der Waals surface area contributed by atoms with Gasteiger partial charge in [0, 0.05) is 18.2 Å². The van der Waals surface area contributed by atoms with Crippen molar-refractivity contribution < 1.29 is 32.2 Å². The molecular formula is C23H21F3N4O4. The first-order valence-corrected chi connectivity index (χ1v) is 10.7. The monoisotopic (exact) mass is 474 g/mol. The Labute approximate surface area is 192 Å². The van der Waals surface area contributed by atoms with Gasteiger partial charge in [-0.15, -0.1) is 0 Å². The maximum atomic E-state index is 13.9. The van der Waals surface area contributed by atoms with E-state index in [1.54, 1.807) is 42.5 Å². The third kappa shape index (κ3) is 4.20. The van der Waals surface area contributed by atoms with Gasteiger partial charge in [0.05, 0.1) is 12.6 Å². The number of aromatic nitrogens is 2. The zero-order valence-corrected chi connectivity index (χ0v) is 18.1. The van der Waals surface area contributed by atoms with Crippen molar-refractivity contribution in [1.82, 2.24) is 9.78 Å². The Kier molecular flexibility index (Phi) is 5.46. The molecular weight excluding hydrogens is 453 g/mol. The van der Waals surface area contributed by atoms with Crippen molar-refractivity contribution in [1.29, 1.82) is 0 Å². The van der Waals surface area contributed by atoms with Crippen LogP contribution in [0.25, 0.3) is 0 Å². The zero-order valence-electron chi connectivity index (χ0n) is 18.1. The van der Waals surface area contributed by atoms with Gasteiger partial charge in [-0.25, -0.2) is 4.68 Å². The van der Waals surface area contributed by atoms with E-state index in [2.05, 4.69) is 15.7 Å². The molecule has 2 N–H and O–H groups in total. The van der Waals surface area contributed by atoms with Crippen LogP contribution in [-0.2, 0) is 0 Å². The minimum absolute atomic E-state index is 0.0711. The van der Waals surface area contributed by atoms with E-state index in [1.165, 1.54) is 6.07 Å². The largest absolute Gasteiger partial charge is 0.494 e. The molecule has 34 heavy (non-hydrogen) atoms. The number of hydrogen-bond acceptors (Lipinski definition) is 6. The number of ether oxygens (including phenoxy) is 3. The van der Waals surface area contributed by atoms with Gasteiger partial charge < -0.3 is 24.8 Å². The molecule has 0 saturated carbocycles. The van der Waals surface area contributed by atoms with Gasteiger partial charge in [-0.3, -0.25) is 4.79 Å². The summed E-state index contributed by atoms with van der Waals surface area (Å²) in [5.74, 6) is 1.16. The van der Waals surface area contributed by atoms with Crippen molar-refractivity contribution in [2.75, 3.05) is 24.0 Å². The van der Waals surface area contributed by atoms with Crippen LogP contribution in [0.2, 0.25) is 0 Å². The molecule has 0 spiro atoms. The van der Waals surface area contributed by atoms with Gasteiger partial charge >= 0.3 is 6.18 Å². The molecule has 178 valence electrons. The average molecular weight is 474 g/mol. The topological polar surface area (TPSA) is 86.6 Å². The molecule has 2 aromatic carbocycles. The Morgan fingerprint density at radius 2 is 1.94 bits per heavy atom. The van der Waals surface area contributed by atoms with Crippen LogP contribution in [-0.4, -0.2) is 35.3 Å². The van der Waals surface area contributed by atoms with Crippen LogP contribution >= 0.6 is 0 Å². The van der Waals surface area contributed by atoms with Crippen molar-refractivity contribution in [2.24, 2.45) is 0 Å². The van der Waals surface area contributed by atoms with Gasteiger partial charge in [-0.1, -0.05) is 6.07 Å². The van der Waals surface area contributed by atoms with Gasteiger partial charge in [0.2, 0.25) is 6.79 Å². The molecule has 1 amide bonds. The van der Waals surface area contributed by atoms with E-state index >= 15 is 0 Å². The highest BCUT2D eigenvalue weighted by Gasteiger charge is 2.47. The van der Waals surface area contributed by atoms with E-state index in [4.69, 9.17) is 14.2 Å². The van der Waals surface area contributed by atoms with E-state index in [1.807, 2.05) is 6.92 Å². The highest BCUT2D eigenvalue weighted by Crippen LogP contribution is 2.45. The molecule has 2 aliphatic rings. The van der Waals surface area contributed by atoms with Crippen LogP contribution in [0, 0.1) is 0 Å². The summed E-state index contributed by atoms with van der Waals surface area (Å²) in [6.07, 6.45) is -4.85. The summed E-state index contributed by atoms with van der Waals surface area (Å²) in [4.78, 5) is 12.7. The van der Waals surface area contributed by atoms with Gasteiger partial charge in [0.1, 0.15) is 11.6 Å². The predicted molar refractivity (Wildman–Crippen MR) is 116 cm³/mol. The molecule has 2 aliphatic heterocycles. The number of benzene rings is 2. The van der Waals surface area contributed by atoms with Gasteiger partial charge in [-0.05, 0) is 48.9 Å². The van der Waals surface area contributed by atoms with Crippen LogP contribution in [0.3, 0.4) is 0 Å². The van der Waals surface area contributed by atoms with E-state index in [9.17, 15) is 18.0 Å². The fourth-order valence-electron chi connectivity index (χ4n) is 4.03. The predicted octanol–water partition coefficient (Wildman–Crippen LogP) is 4.92. The van der Waals surface area contributed by atoms with E-state index in [0.717, 1.165) is 4.68 Å². The first-order valence-electron chi connectivity index (χ1n) is 10.7. The molecule has 3 heterocycles. The van der Waals surface area contributed by atoms with Gasteiger partial charge in [-0.2, -0.15) is 18.3 Å². The average Bonchev–Trinajstić information content (AvgIpc) is 3.45. The van der Waals surface area contributed by atoms with Crippen molar-refractivity contribution in [3.8, 4) is 17.2 Å². The minimum Gasteiger partial charge on any atom is -0.494 e. The fraction of sp³-hybridized carbons (Fsp3) is 0.304. The second-order valence-electron chi connectivity index (χ2n) is 7.87. The standard InChI is InChI=1S/C23H21F3N4O4/c1-2-32-15-6-4-14(5-7-15)27-22(31)17-11-21-28-16(10-20(23(24,25)26)30(21)29-17)13-3-8-18-19(9-13)34-12-33-18/h3-9,11,16,20,28H,2,10,12H2,1H3,(H,27,31)/t16-,20+/m0/s1. The first kappa shape index (κ1) is 21.9. The highest BCUT2D eigenvalue weighted by atomic mass is 19.4. The summed E-state index contributed by atoms with van der Waals surface area (Å²) in [5.41, 5.74) is 0.960. The smallest absolute Gasteiger partial charge is 0.410 e. The molecule has 0 fully saturated rings. The molecule has 0 bridgehead atoms. The van der Waals surface area contributed by atoms with Crippen LogP contribution in [0.15, 0.2) is 48.5 Å². The quantitative estimate of drug-likeness (QED) is 0.546. The van der Waals surface area contributed by atoms with Crippen LogP contribution in [0.1, 0.15) is 41.5 Å².